The maximum atomic E-state index is 11.9. The molecule has 1 fully saturated rings. The number of hydrogen-bond donors (Lipinski definition) is 4. The molecule has 0 heterocycles. The molecule has 0 radical (unpaired) electrons. The standard InChI is InChI=1S/C12H22F2N4O2/c13-5-7-15-11(19)17-9-1-2-10(4-3-9)18-12(20)16-8-6-14/h9-10H,1-8H2,(H2,15,17,19)(H2,16,18,20). The average Bonchev–Trinajstić information content (AvgIpc) is 2.45. The van der Waals surface area contributed by atoms with E-state index < -0.39 is 13.3 Å². The molecule has 1 rings (SSSR count). The number of carbonyl (C=O) groups excluding carboxylic acids is 2. The van der Waals surface area contributed by atoms with Crippen LogP contribution in [0.2, 0.25) is 0 Å². The summed E-state index contributed by atoms with van der Waals surface area (Å²) in [6.07, 6.45) is 2.99. The quantitative estimate of drug-likeness (QED) is 0.585. The Morgan fingerprint density at radius 2 is 1.15 bits per heavy atom. The van der Waals surface area contributed by atoms with Gasteiger partial charge in [0.05, 0.1) is 0 Å². The van der Waals surface area contributed by atoms with Crippen molar-refractivity contribution in [3.8, 4) is 0 Å². The fourth-order valence-corrected chi connectivity index (χ4v) is 2.18. The lowest BCUT2D eigenvalue weighted by Crippen LogP contribution is -2.48. The van der Waals surface area contributed by atoms with Crippen molar-refractivity contribution in [2.24, 2.45) is 0 Å². The number of amides is 4. The fourth-order valence-electron chi connectivity index (χ4n) is 2.18. The van der Waals surface area contributed by atoms with Gasteiger partial charge in [-0.25, -0.2) is 18.4 Å². The van der Waals surface area contributed by atoms with Crippen LogP contribution in [0.4, 0.5) is 18.4 Å². The minimum absolute atomic E-state index is 0.0114. The van der Waals surface area contributed by atoms with Crippen molar-refractivity contribution < 1.29 is 18.4 Å². The first-order chi connectivity index (χ1) is 9.65. The van der Waals surface area contributed by atoms with Crippen molar-refractivity contribution in [1.29, 1.82) is 0 Å². The Balaban J connectivity index is 2.16. The molecular weight excluding hydrogens is 270 g/mol. The van der Waals surface area contributed by atoms with Gasteiger partial charge in [0.25, 0.3) is 0 Å². The van der Waals surface area contributed by atoms with Crippen LogP contribution in [0.5, 0.6) is 0 Å². The lowest BCUT2D eigenvalue weighted by atomic mass is 9.91. The van der Waals surface area contributed by atoms with E-state index >= 15 is 0 Å². The average molecular weight is 292 g/mol. The highest BCUT2D eigenvalue weighted by Gasteiger charge is 2.23. The van der Waals surface area contributed by atoms with Gasteiger partial charge in [-0.2, -0.15) is 0 Å². The first-order valence-electron chi connectivity index (χ1n) is 6.86. The predicted octanol–water partition coefficient (Wildman–Crippen LogP) is 0.835. The molecule has 1 saturated carbocycles. The third-order valence-corrected chi connectivity index (χ3v) is 3.16. The van der Waals surface area contributed by atoms with Gasteiger partial charge in [-0.3, -0.25) is 0 Å². The Kier molecular flexibility index (Phi) is 7.67. The van der Waals surface area contributed by atoms with Crippen LogP contribution >= 0.6 is 0 Å². The van der Waals surface area contributed by atoms with E-state index in [4.69, 9.17) is 0 Å². The van der Waals surface area contributed by atoms with Crippen LogP contribution in [-0.2, 0) is 0 Å². The zero-order valence-corrected chi connectivity index (χ0v) is 11.4. The normalized spacial score (nSPS) is 21.9. The minimum Gasteiger partial charge on any atom is -0.336 e. The summed E-state index contributed by atoms with van der Waals surface area (Å²) in [6, 6.07) is -0.636. The molecule has 1 aliphatic rings. The van der Waals surface area contributed by atoms with Crippen molar-refractivity contribution in [2.45, 2.75) is 37.8 Å². The van der Waals surface area contributed by atoms with Crippen LogP contribution < -0.4 is 21.3 Å². The summed E-state index contributed by atoms with van der Waals surface area (Å²) in [5.74, 6) is 0. The highest BCUT2D eigenvalue weighted by Crippen LogP contribution is 2.18. The van der Waals surface area contributed by atoms with Gasteiger partial charge in [0, 0.05) is 25.2 Å². The lowest BCUT2D eigenvalue weighted by Gasteiger charge is -2.29. The van der Waals surface area contributed by atoms with E-state index in [1.54, 1.807) is 0 Å². The smallest absolute Gasteiger partial charge is 0.315 e. The largest absolute Gasteiger partial charge is 0.336 e. The van der Waals surface area contributed by atoms with E-state index in [0.29, 0.717) is 0 Å². The van der Waals surface area contributed by atoms with Crippen LogP contribution in [0.3, 0.4) is 0 Å². The van der Waals surface area contributed by atoms with E-state index in [9.17, 15) is 18.4 Å². The summed E-state index contributed by atoms with van der Waals surface area (Å²) in [4.78, 5) is 22.7. The monoisotopic (exact) mass is 292 g/mol. The first kappa shape index (κ1) is 16.5. The van der Waals surface area contributed by atoms with Gasteiger partial charge in [0.15, 0.2) is 0 Å². The molecule has 0 saturated heterocycles. The highest BCUT2D eigenvalue weighted by molar-refractivity contribution is 5.74. The van der Waals surface area contributed by atoms with E-state index in [2.05, 4.69) is 21.3 Å². The molecule has 4 N–H and O–H groups in total. The molecule has 0 spiro atoms. The van der Waals surface area contributed by atoms with E-state index in [0.717, 1.165) is 25.7 Å². The van der Waals surface area contributed by atoms with Crippen molar-refractivity contribution in [3.63, 3.8) is 0 Å². The Hall–Kier alpha value is -1.60. The maximum absolute atomic E-state index is 11.9. The zero-order chi connectivity index (χ0) is 14.8. The van der Waals surface area contributed by atoms with Crippen LogP contribution in [0, 0.1) is 0 Å². The van der Waals surface area contributed by atoms with Crippen LogP contribution in [-0.4, -0.2) is 50.6 Å². The van der Waals surface area contributed by atoms with E-state index in [1.807, 2.05) is 0 Å². The first-order valence-corrected chi connectivity index (χ1v) is 6.86. The molecule has 0 aromatic rings. The predicted molar refractivity (Wildman–Crippen MR) is 71.1 cm³/mol. The minimum atomic E-state index is -0.585. The highest BCUT2D eigenvalue weighted by atomic mass is 19.1. The van der Waals surface area contributed by atoms with E-state index in [1.165, 1.54) is 0 Å². The molecular formula is C12H22F2N4O2. The van der Waals surface area contributed by atoms with Gasteiger partial charge in [0.2, 0.25) is 0 Å². The molecule has 8 heteroatoms. The van der Waals surface area contributed by atoms with Gasteiger partial charge in [0.1, 0.15) is 13.3 Å². The molecule has 0 bridgehead atoms. The zero-order valence-electron chi connectivity index (χ0n) is 11.4. The Morgan fingerprint density at radius 1 is 0.800 bits per heavy atom. The second kappa shape index (κ2) is 9.33. The number of alkyl halides is 2. The molecule has 0 atom stereocenters. The number of carbonyl (C=O) groups is 2. The maximum Gasteiger partial charge on any atom is 0.315 e. The summed E-state index contributed by atoms with van der Waals surface area (Å²) in [7, 11) is 0. The molecule has 0 unspecified atom stereocenters. The van der Waals surface area contributed by atoms with Gasteiger partial charge in [-0.1, -0.05) is 0 Å². The van der Waals surface area contributed by atoms with Crippen LogP contribution in [0.25, 0.3) is 0 Å². The molecule has 6 nitrogen and oxygen atoms in total. The van der Waals surface area contributed by atoms with Gasteiger partial charge in [-0.05, 0) is 25.7 Å². The molecule has 4 amide bonds. The Bertz CT molecular complexity index is 280. The SMILES string of the molecule is O=C(NCCF)NC1CCC(NC(=O)NCCF)CC1. The molecule has 116 valence electrons. The molecule has 1 aliphatic carbocycles. The van der Waals surface area contributed by atoms with Crippen molar-refractivity contribution in [1.82, 2.24) is 21.3 Å². The number of rotatable bonds is 6. The lowest BCUT2D eigenvalue weighted by molar-refractivity contribution is 0.220. The Morgan fingerprint density at radius 3 is 1.45 bits per heavy atom. The second-order valence-electron chi connectivity index (χ2n) is 4.73. The summed E-state index contributed by atoms with van der Waals surface area (Å²) in [6.45, 7) is -1.15. The third-order valence-electron chi connectivity index (χ3n) is 3.16. The summed E-state index contributed by atoms with van der Waals surface area (Å²) in [5, 5.41) is 10.3. The molecule has 0 aromatic carbocycles. The van der Waals surface area contributed by atoms with E-state index in [-0.39, 0.29) is 37.2 Å². The summed E-state index contributed by atoms with van der Waals surface area (Å²) in [5.41, 5.74) is 0. The molecule has 0 aromatic heterocycles. The van der Waals surface area contributed by atoms with Crippen molar-refractivity contribution in [3.05, 3.63) is 0 Å². The van der Waals surface area contributed by atoms with Gasteiger partial charge < -0.3 is 21.3 Å². The number of urea groups is 2. The molecule has 20 heavy (non-hydrogen) atoms. The fraction of sp³-hybridized carbons (Fsp3) is 0.833. The number of nitrogens with one attached hydrogen (secondary N) is 4. The third kappa shape index (κ3) is 6.53. The van der Waals surface area contributed by atoms with Crippen molar-refractivity contribution in [2.75, 3.05) is 26.4 Å². The van der Waals surface area contributed by atoms with Gasteiger partial charge >= 0.3 is 12.1 Å². The van der Waals surface area contributed by atoms with Crippen LogP contribution in [0.1, 0.15) is 25.7 Å². The van der Waals surface area contributed by atoms with Crippen LogP contribution in [0.15, 0.2) is 0 Å². The topological polar surface area (TPSA) is 82.3 Å². The second-order valence-corrected chi connectivity index (χ2v) is 4.73. The number of halogens is 2. The Labute approximate surface area is 117 Å². The van der Waals surface area contributed by atoms with Crippen molar-refractivity contribution >= 4 is 12.1 Å². The van der Waals surface area contributed by atoms with Gasteiger partial charge in [-0.15, -0.1) is 0 Å². The summed E-state index contributed by atoms with van der Waals surface area (Å²) < 4.78 is 23.8. The molecule has 0 aliphatic heterocycles. The number of hydrogen-bond acceptors (Lipinski definition) is 2. The summed E-state index contributed by atoms with van der Waals surface area (Å²) >= 11 is 0.